The van der Waals surface area contributed by atoms with E-state index in [-0.39, 0.29) is 6.04 Å². The molecule has 0 aromatic carbocycles. The van der Waals surface area contributed by atoms with E-state index in [4.69, 9.17) is 11.6 Å². The molecule has 0 amide bonds. The first-order chi connectivity index (χ1) is 9.58. The number of likely N-dealkylation sites (N-methyl/N-ethyl adjacent to an activating group) is 1. The Labute approximate surface area is 132 Å². The molecule has 0 aliphatic heterocycles. The third-order valence-electron chi connectivity index (χ3n) is 3.37. The number of hydrogen-bond donors (Lipinski definition) is 1. The van der Waals surface area contributed by atoms with Crippen LogP contribution in [0.15, 0.2) is 22.8 Å². The van der Waals surface area contributed by atoms with Gasteiger partial charge in [-0.05, 0) is 41.5 Å². The standard InChI is InChI=1S/C14H18BrClN4/c1-4-10-13(16)12(20(3)19-10)8-11(17-2)14-9(15)6-5-7-18-14/h5-7,11,17H,4,8H2,1-3H3. The SMILES string of the molecule is CCc1nn(C)c(CC(NC)c2ncccc2Br)c1Cl. The second-order valence-corrected chi connectivity index (χ2v) is 5.83. The van der Waals surface area contributed by atoms with Crippen LogP contribution in [0.1, 0.15) is 30.0 Å². The monoisotopic (exact) mass is 356 g/mol. The maximum Gasteiger partial charge on any atom is 0.0850 e. The molecule has 2 heterocycles. The van der Waals surface area contributed by atoms with Crippen molar-refractivity contribution in [3.05, 3.63) is 44.9 Å². The smallest absolute Gasteiger partial charge is 0.0850 e. The summed E-state index contributed by atoms with van der Waals surface area (Å²) in [4.78, 5) is 4.45. The van der Waals surface area contributed by atoms with Crippen LogP contribution in [0.5, 0.6) is 0 Å². The maximum absolute atomic E-state index is 6.41. The van der Waals surface area contributed by atoms with Gasteiger partial charge in [0.05, 0.1) is 28.1 Å². The van der Waals surface area contributed by atoms with Crippen molar-refractivity contribution in [1.82, 2.24) is 20.1 Å². The Morgan fingerprint density at radius 1 is 1.50 bits per heavy atom. The highest BCUT2D eigenvalue weighted by molar-refractivity contribution is 9.10. The number of halogens is 2. The highest BCUT2D eigenvalue weighted by atomic mass is 79.9. The van der Waals surface area contributed by atoms with Gasteiger partial charge in [0.25, 0.3) is 0 Å². The van der Waals surface area contributed by atoms with Crippen LogP contribution in [0.3, 0.4) is 0 Å². The molecular formula is C14H18BrClN4. The second-order valence-electron chi connectivity index (χ2n) is 4.60. The lowest BCUT2D eigenvalue weighted by molar-refractivity contribution is 0.546. The Kier molecular flexibility index (Phi) is 5.18. The predicted molar refractivity (Wildman–Crippen MR) is 85.0 cm³/mol. The number of aryl methyl sites for hydroxylation is 2. The Hall–Kier alpha value is -0.910. The van der Waals surface area contributed by atoms with Gasteiger partial charge in [-0.2, -0.15) is 5.10 Å². The maximum atomic E-state index is 6.41. The van der Waals surface area contributed by atoms with E-state index < -0.39 is 0 Å². The predicted octanol–water partition coefficient (Wildman–Crippen LogP) is 3.30. The Morgan fingerprint density at radius 3 is 2.80 bits per heavy atom. The molecule has 0 aliphatic carbocycles. The summed E-state index contributed by atoms with van der Waals surface area (Å²) in [5.74, 6) is 0. The summed E-state index contributed by atoms with van der Waals surface area (Å²) in [6, 6.07) is 3.99. The minimum Gasteiger partial charge on any atom is -0.311 e. The molecule has 20 heavy (non-hydrogen) atoms. The third-order valence-corrected chi connectivity index (χ3v) is 4.47. The van der Waals surface area contributed by atoms with Gasteiger partial charge >= 0.3 is 0 Å². The summed E-state index contributed by atoms with van der Waals surface area (Å²) in [6.45, 7) is 2.06. The number of aromatic nitrogens is 3. The fourth-order valence-electron chi connectivity index (χ4n) is 2.22. The molecule has 108 valence electrons. The summed E-state index contributed by atoms with van der Waals surface area (Å²) in [7, 11) is 3.86. The molecule has 4 nitrogen and oxygen atoms in total. The van der Waals surface area contributed by atoms with Crippen LogP contribution in [-0.4, -0.2) is 21.8 Å². The summed E-state index contributed by atoms with van der Waals surface area (Å²) in [5, 5.41) is 8.52. The lowest BCUT2D eigenvalue weighted by Gasteiger charge is -2.17. The van der Waals surface area contributed by atoms with E-state index in [0.29, 0.717) is 0 Å². The molecule has 2 aromatic rings. The van der Waals surface area contributed by atoms with E-state index in [1.807, 2.05) is 30.9 Å². The molecular weight excluding hydrogens is 340 g/mol. The van der Waals surface area contributed by atoms with Gasteiger partial charge in [-0.25, -0.2) is 0 Å². The fraction of sp³-hybridized carbons (Fsp3) is 0.429. The molecule has 0 aliphatic rings. The van der Waals surface area contributed by atoms with E-state index in [9.17, 15) is 0 Å². The number of hydrogen-bond acceptors (Lipinski definition) is 3. The zero-order chi connectivity index (χ0) is 14.7. The second kappa shape index (κ2) is 6.70. The minimum atomic E-state index is 0.0863. The molecule has 0 spiro atoms. The van der Waals surface area contributed by atoms with Crippen LogP contribution in [0.25, 0.3) is 0 Å². The number of pyridine rings is 1. The Morgan fingerprint density at radius 2 is 2.25 bits per heavy atom. The van der Waals surface area contributed by atoms with Crippen LogP contribution in [0.2, 0.25) is 5.02 Å². The average molecular weight is 358 g/mol. The van der Waals surface area contributed by atoms with Crippen LogP contribution in [0.4, 0.5) is 0 Å². The van der Waals surface area contributed by atoms with Crippen molar-refractivity contribution in [2.24, 2.45) is 7.05 Å². The van der Waals surface area contributed by atoms with Crippen molar-refractivity contribution in [3.63, 3.8) is 0 Å². The van der Waals surface area contributed by atoms with Crippen LogP contribution < -0.4 is 5.32 Å². The molecule has 0 radical (unpaired) electrons. The van der Waals surface area contributed by atoms with Crippen molar-refractivity contribution in [3.8, 4) is 0 Å². The first-order valence-electron chi connectivity index (χ1n) is 6.56. The fourth-order valence-corrected chi connectivity index (χ4v) is 3.13. The van der Waals surface area contributed by atoms with E-state index in [1.54, 1.807) is 6.20 Å². The van der Waals surface area contributed by atoms with Gasteiger partial charge in [-0.15, -0.1) is 0 Å². The van der Waals surface area contributed by atoms with Gasteiger partial charge < -0.3 is 5.32 Å². The van der Waals surface area contributed by atoms with Gasteiger partial charge in [-0.1, -0.05) is 18.5 Å². The minimum absolute atomic E-state index is 0.0863. The molecule has 0 saturated heterocycles. The summed E-state index contributed by atoms with van der Waals surface area (Å²) < 4.78 is 2.86. The van der Waals surface area contributed by atoms with E-state index in [1.165, 1.54) is 0 Å². The zero-order valence-electron chi connectivity index (χ0n) is 11.8. The van der Waals surface area contributed by atoms with Crippen LogP contribution in [0, 0.1) is 0 Å². The molecule has 0 bridgehead atoms. The van der Waals surface area contributed by atoms with Crippen molar-refractivity contribution in [1.29, 1.82) is 0 Å². The van der Waals surface area contributed by atoms with Gasteiger partial charge in [0.15, 0.2) is 0 Å². The Bertz CT molecular complexity index is 597. The lowest BCUT2D eigenvalue weighted by Crippen LogP contribution is -2.21. The first kappa shape index (κ1) is 15.5. The quantitative estimate of drug-likeness (QED) is 0.893. The number of rotatable bonds is 5. The average Bonchev–Trinajstić information content (AvgIpc) is 2.72. The topological polar surface area (TPSA) is 42.7 Å². The van der Waals surface area contributed by atoms with Gasteiger partial charge in [0.2, 0.25) is 0 Å². The number of nitrogens with one attached hydrogen (secondary N) is 1. The molecule has 6 heteroatoms. The van der Waals surface area contributed by atoms with Gasteiger partial charge in [0.1, 0.15) is 0 Å². The third kappa shape index (κ3) is 3.05. The van der Waals surface area contributed by atoms with E-state index in [0.717, 1.165) is 39.4 Å². The summed E-state index contributed by atoms with van der Waals surface area (Å²) >= 11 is 9.96. The molecule has 1 unspecified atom stereocenters. The lowest BCUT2D eigenvalue weighted by atomic mass is 10.1. The molecule has 1 N–H and O–H groups in total. The highest BCUT2D eigenvalue weighted by Gasteiger charge is 2.20. The molecule has 2 aromatic heterocycles. The highest BCUT2D eigenvalue weighted by Crippen LogP contribution is 2.28. The summed E-state index contributed by atoms with van der Waals surface area (Å²) in [6.07, 6.45) is 3.38. The van der Waals surface area contributed by atoms with E-state index >= 15 is 0 Å². The van der Waals surface area contributed by atoms with Crippen molar-refractivity contribution in [2.45, 2.75) is 25.8 Å². The van der Waals surface area contributed by atoms with Gasteiger partial charge in [-0.3, -0.25) is 9.67 Å². The molecule has 1 atom stereocenters. The molecule has 0 fully saturated rings. The van der Waals surface area contributed by atoms with E-state index in [2.05, 4.69) is 38.3 Å². The van der Waals surface area contributed by atoms with Crippen LogP contribution >= 0.6 is 27.5 Å². The summed E-state index contributed by atoms with van der Waals surface area (Å²) in [5.41, 5.74) is 2.95. The van der Waals surface area contributed by atoms with Crippen molar-refractivity contribution in [2.75, 3.05) is 7.05 Å². The first-order valence-corrected chi connectivity index (χ1v) is 7.73. The molecule has 0 saturated carbocycles. The Balaban J connectivity index is 2.32. The number of nitrogens with zero attached hydrogens (tertiary/aromatic N) is 3. The van der Waals surface area contributed by atoms with Crippen LogP contribution in [-0.2, 0) is 19.9 Å². The largest absolute Gasteiger partial charge is 0.311 e. The molecule has 2 rings (SSSR count). The van der Waals surface area contributed by atoms with Gasteiger partial charge in [0, 0.05) is 24.1 Å². The normalized spacial score (nSPS) is 12.7. The zero-order valence-corrected chi connectivity index (χ0v) is 14.2. The van der Waals surface area contributed by atoms with Crippen molar-refractivity contribution >= 4 is 27.5 Å². The van der Waals surface area contributed by atoms with Crippen molar-refractivity contribution < 1.29 is 0 Å².